The Bertz CT molecular complexity index is 5200. The van der Waals surface area contributed by atoms with Crippen LogP contribution < -0.4 is 29.3 Å². The van der Waals surface area contributed by atoms with E-state index >= 15 is 0 Å². The van der Waals surface area contributed by atoms with E-state index in [1.54, 1.807) is 55.2 Å². The van der Waals surface area contributed by atoms with Crippen LogP contribution >= 0.6 is 34.8 Å². The molecule has 5 aromatic carbocycles. The van der Waals surface area contributed by atoms with Crippen LogP contribution in [-0.2, 0) is 39.3 Å². The molecule has 25 heteroatoms. The lowest BCUT2D eigenvalue weighted by Crippen LogP contribution is -2.19. The number of anilines is 2. The summed E-state index contributed by atoms with van der Waals surface area (Å²) in [6.07, 6.45) is 13.9. The molecule has 0 spiro atoms. The van der Waals surface area contributed by atoms with Crippen molar-refractivity contribution in [1.82, 2.24) is 85.3 Å². The molecule has 8 aromatic heterocycles. The van der Waals surface area contributed by atoms with E-state index in [9.17, 15) is 0 Å². The number of pyridine rings is 3. The topological polar surface area (TPSA) is 229 Å². The number of hydrogen-bond acceptors (Lipinski definition) is 20. The molecule has 0 saturated carbocycles. The fourth-order valence-electron chi connectivity index (χ4n) is 11.3. The molecule has 108 heavy (non-hydrogen) atoms. The van der Waals surface area contributed by atoms with Gasteiger partial charge in [0.2, 0.25) is 17.2 Å². The molecule has 0 unspecified atom stereocenters. The second-order valence-corrected chi connectivity index (χ2v) is 26.7. The van der Waals surface area contributed by atoms with Crippen molar-refractivity contribution >= 4 is 68.5 Å². The summed E-state index contributed by atoms with van der Waals surface area (Å²) in [4.78, 5) is 50.2. The molecule has 13 aromatic rings. The van der Waals surface area contributed by atoms with Crippen LogP contribution in [-0.4, -0.2) is 162 Å². The summed E-state index contributed by atoms with van der Waals surface area (Å²) in [5, 5.41) is 20.2. The van der Waals surface area contributed by atoms with Crippen molar-refractivity contribution in [2.24, 2.45) is 0 Å². The molecular weight excluding hydrogens is 1420 g/mol. The molecule has 22 nitrogen and oxygen atoms in total. The maximum absolute atomic E-state index is 6.01. The predicted molar refractivity (Wildman–Crippen MR) is 432 cm³/mol. The van der Waals surface area contributed by atoms with Gasteiger partial charge in [0.25, 0.3) is 0 Å². The number of H-pyrrole nitrogens is 2. The van der Waals surface area contributed by atoms with Crippen molar-refractivity contribution in [3.05, 3.63) is 261 Å². The number of fused-ring (bicyclic) bond motifs is 5. The van der Waals surface area contributed by atoms with Gasteiger partial charge in [-0.05, 0) is 221 Å². The fraction of sp³-hybridized carbons (Fsp3) is 0.241. The van der Waals surface area contributed by atoms with Gasteiger partial charge in [-0.2, -0.15) is 10.2 Å². The number of halogens is 3. The van der Waals surface area contributed by atoms with Gasteiger partial charge in [-0.15, -0.1) is 6.42 Å². The molecule has 0 bridgehead atoms. The van der Waals surface area contributed by atoms with E-state index < -0.39 is 0 Å². The molecule has 3 aliphatic rings. The van der Waals surface area contributed by atoms with Gasteiger partial charge in [-0.25, -0.2) is 44.9 Å². The lowest BCUT2D eigenvalue weighted by molar-refractivity contribution is 0.261. The second-order valence-electron chi connectivity index (χ2n) is 25.6. The van der Waals surface area contributed by atoms with Crippen molar-refractivity contribution in [2.45, 2.75) is 54.1 Å². The minimum absolute atomic E-state index is 0. The van der Waals surface area contributed by atoms with Gasteiger partial charge in [-0.1, -0.05) is 86.3 Å². The Balaban J connectivity index is 0.000000155. The van der Waals surface area contributed by atoms with Gasteiger partial charge >= 0.3 is 0 Å². The largest absolute Gasteiger partial charge is 0.492 e. The summed E-state index contributed by atoms with van der Waals surface area (Å²) in [5.41, 5.74) is 16.7. The van der Waals surface area contributed by atoms with Crippen molar-refractivity contribution in [2.75, 3.05) is 91.5 Å². The van der Waals surface area contributed by atoms with Crippen molar-refractivity contribution in [1.29, 1.82) is 0 Å². The predicted octanol–water partition coefficient (Wildman–Crippen LogP) is 14.8. The maximum Gasteiger partial charge on any atom is 0.226 e. The van der Waals surface area contributed by atoms with Crippen LogP contribution in [0.15, 0.2) is 195 Å². The molecule has 11 heterocycles. The number of aromatic amines is 2. The fourth-order valence-corrected chi connectivity index (χ4v) is 11.8. The van der Waals surface area contributed by atoms with Crippen LogP contribution in [0.3, 0.4) is 0 Å². The van der Waals surface area contributed by atoms with Gasteiger partial charge in [0.15, 0.2) is 0 Å². The number of nitrogens with zero attached hydrogens (tertiary/aromatic N) is 16. The third kappa shape index (κ3) is 22.3. The maximum atomic E-state index is 6.01. The highest BCUT2D eigenvalue weighted by molar-refractivity contribution is 6.30. The van der Waals surface area contributed by atoms with Gasteiger partial charge in [-0.3, -0.25) is 10.2 Å². The van der Waals surface area contributed by atoms with E-state index in [1.807, 2.05) is 125 Å². The molecule has 0 saturated heterocycles. The van der Waals surface area contributed by atoms with Crippen LogP contribution in [0.1, 0.15) is 65.1 Å². The summed E-state index contributed by atoms with van der Waals surface area (Å²) in [5.74, 6) is 13.1. The molecule has 0 radical (unpaired) electrons. The van der Waals surface area contributed by atoms with E-state index in [0.29, 0.717) is 52.5 Å². The normalized spacial score (nSPS) is 12.1. The number of hydrogen-bond donors (Lipinski definition) is 3. The molecule has 0 aliphatic carbocycles. The van der Waals surface area contributed by atoms with E-state index in [-0.39, 0.29) is 20.1 Å². The first kappa shape index (κ1) is 79.1. The number of benzene rings is 5. The molecule has 3 aliphatic heterocycles. The Hall–Kier alpha value is -11.4. The van der Waals surface area contributed by atoms with Crippen molar-refractivity contribution in [3.8, 4) is 75.6 Å². The summed E-state index contributed by atoms with van der Waals surface area (Å²) in [6, 6.07) is 52.8. The molecule has 552 valence electrons. The molecule has 0 fully saturated rings. The Morgan fingerprint density at radius 3 is 1.34 bits per heavy atom. The number of likely N-dealkylation sites (N-methyl/N-ethyl adjacent to an activating group) is 3. The van der Waals surface area contributed by atoms with Gasteiger partial charge in [0.1, 0.15) is 53.1 Å². The number of aromatic nitrogens is 13. The monoisotopic (exact) mass is 1500 g/mol. The van der Waals surface area contributed by atoms with Gasteiger partial charge < -0.3 is 44.0 Å². The highest BCUT2D eigenvalue weighted by atomic mass is 35.5. The second kappa shape index (κ2) is 38.7. The van der Waals surface area contributed by atoms with Crippen LogP contribution in [0, 0.1) is 24.2 Å². The van der Waals surface area contributed by atoms with Gasteiger partial charge in [0, 0.05) is 99.4 Å². The lowest BCUT2D eigenvalue weighted by Gasteiger charge is -2.15. The minimum Gasteiger partial charge on any atom is -0.492 e. The number of nitrogens with one attached hydrogen (secondary N) is 3. The summed E-state index contributed by atoms with van der Waals surface area (Å²) in [7, 11) is 12.3. The van der Waals surface area contributed by atoms with E-state index in [4.69, 9.17) is 70.4 Å². The smallest absolute Gasteiger partial charge is 0.226 e. The minimum atomic E-state index is 0. The molecule has 0 atom stereocenters. The third-order valence-corrected chi connectivity index (χ3v) is 17.5. The third-order valence-electron chi connectivity index (χ3n) is 16.9. The zero-order valence-electron chi connectivity index (χ0n) is 59.6. The number of rotatable bonds is 17. The van der Waals surface area contributed by atoms with Crippen LogP contribution in [0.5, 0.6) is 17.2 Å². The van der Waals surface area contributed by atoms with Crippen LogP contribution in [0.4, 0.5) is 11.9 Å². The first-order valence-corrected chi connectivity index (χ1v) is 35.3. The first-order chi connectivity index (χ1) is 51.6. The number of terminal acetylenes is 1. The van der Waals surface area contributed by atoms with Gasteiger partial charge in [0.05, 0.1) is 57.6 Å². The Morgan fingerprint density at radius 1 is 0.426 bits per heavy atom. The van der Waals surface area contributed by atoms with Crippen LogP contribution in [0.25, 0.3) is 56.0 Å². The molecule has 0 amide bonds. The van der Waals surface area contributed by atoms with Crippen LogP contribution in [0.2, 0.25) is 15.6 Å². The Morgan fingerprint density at radius 2 is 0.852 bits per heavy atom. The summed E-state index contributed by atoms with van der Waals surface area (Å²) >= 11 is 17.4. The molecular formula is C83H86Cl3N19O3. The zero-order valence-corrected chi connectivity index (χ0v) is 61.8. The summed E-state index contributed by atoms with van der Waals surface area (Å²) < 4.78 is 17.5. The van der Waals surface area contributed by atoms with Crippen molar-refractivity contribution in [3.63, 3.8) is 0 Å². The first-order valence-electron chi connectivity index (χ1n) is 34.2. The van der Waals surface area contributed by atoms with E-state index in [0.717, 1.165) is 138 Å². The highest BCUT2D eigenvalue weighted by Crippen LogP contribution is 2.33. The highest BCUT2D eigenvalue weighted by Gasteiger charge is 2.24. The average Bonchev–Trinajstić information content (AvgIpc) is 1.65. The Kier molecular flexibility index (Phi) is 28.4. The van der Waals surface area contributed by atoms with E-state index in [2.05, 4.69) is 154 Å². The Labute approximate surface area is 646 Å². The zero-order chi connectivity index (χ0) is 73.7. The quantitative estimate of drug-likeness (QED) is 0.0437. The summed E-state index contributed by atoms with van der Waals surface area (Å²) in [6.45, 7) is 9.81. The average molecular weight is 1500 g/mol. The van der Waals surface area contributed by atoms with E-state index in [1.165, 1.54) is 33.4 Å². The number of ether oxygens (including phenoxy) is 3. The standard InChI is InChI=1S/C30H27N7O.C21H22ClN5O.C12H18N2O.C9H5Cl2N3.C9H6N2.2CH4/c1-36(2)14-15-38-26-10-8-22-19-37(20-24(22)17-26)30-31-13-12-29(34-30)28-5-3-4-25(33-28)9-6-21-7-11-27-23(16-21)18-32-35-27;1-26(2)10-11-28-17-7-6-15-13-27(14-16(15)12-17)21-23-9-8-19(25-21)18-4-3-5-20(22)24-18;1-14(2)5-6-15-12-4-3-10-8-13-9-11(10)7-12;10-8-3-1-2-6(13-8)7-4-5-12-9(11)14-7;1-2-7-3-4-9-8(5-7)6-10-11-9;;/h3-5,7-8,10-13,16-18H,14-15,19-20H2,1-2H3,(H,32,35);3-9,12H,10-11,13-14H2,1-2H3;3-4,7,13H,5-6,8-9H2,1-2H3;1-5H;1,3-6H,(H,10,11);2*1H4. The molecule has 3 N–H and O–H groups in total. The van der Waals surface area contributed by atoms with Crippen molar-refractivity contribution < 1.29 is 14.2 Å². The SMILES string of the molecule is C.C.C#Cc1ccc2[nH]ncc2c1.CN(C)CCOc1ccc2c(c1)CN(c1nccc(-c3cccc(C#Cc4ccc5[nH]ncc5c4)n3)n1)C2.CN(C)CCOc1ccc2c(c1)CN(c1nccc(-c3cccc(Cl)n3)n1)C2.CN(C)CCOc1ccc2c(c1)CNC2.Clc1cccc(-c2ccnc(Cl)n2)n1. The molecule has 16 rings (SSSR count). The lowest BCUT2D eigenvalue weighted by atomic mass is 10.1.